The first-order valence-electron chi connectivity index (χ1n) is 6.42. The Bertz CT molecular complexity index is 203. The quantitative estimate of drug-likeness (QED) is 0.745. The Hall–Kier alpha value is -0.120. The van der Waals surface area contributed by atoms with Gasteiger partial charge in [-0.25, -0.2) is 0 Å². The summed E-state index contributed by atoms with van der Waals surface area (Å²) in [6, 6.07) is 1.14. The number of nitrogens with two attached hydrogens (primary N) is 1. The second-order valence-electron chi connectivity index (χ2n) is 5.24. The molecule has 3 nitrogen and oxygen atoms in total. The summed E-state index contributed by atoms with van der Waals surface area (Å²) in [7, 11) is 0. The summed E-state index contributed by atoms with van der Waals surface area (Å²) in [6.07, 6.45) is 2.73. The van der Waals surface area contributed by atoms with Crippen LogP contribution in [0.2, 0.25) is 0 Å². The molecular weight excluding hydrogens is 186 g/mol. The molecule has 88 valence electrons. The van der Waals surface area contributed by atoms with Crippen LogP contribution in [0.1, 0.15) is 26.7 Å². The highest BCUT2D eigenvalue weighted by molar-refractivity contribution is 4.88. The topological polar surface area (TPSA) is 32.5 Å². The summed E-state index contributed by atoms with van der Waals surface area (Å²) in [5.74, 6) is 0.838. The van der Waals surface area contributed by atoms with Gasteiger partial charge in [0.15, 0.2) is 0 Å². The highest BCUT2D eigenvalue weighted by Gasteiger charge is 2.31. The fourth-order valence-electron chi connectivity index (χ4n) is 2.68. The zero-order valence-corrected chi connectivity index (χ0v) is 10.2. The normalized spacial score (nSPS) is 31.8. The molecule has 1 aliphatic heterocycles. The van der Waals surface area contributed by atoms with Crippen LogP contribution in [0.4, 0.5) is 0 Å². The van der Waals surface area contributed by atoms with E-state index in [1.807, 2.05) is 0 Å². The number of piperazine rings is 1. The highest BCUT2D eigenvalue weighted by Crippen LogP contribution is 2.32. The lowest BCUT2D eigenvalue weighted by atomic mass is 10.1. The van der Waals surface area contributed by atoms with Crippen LogP contribution >= 0.6 is 0 Å². The summed E-state index contributed by atoms with van der Waals surface area (Å²) in [6.45, 7) is 10.5. The molecule has 0 amide bonds. The molecule has 1 aliphatic carbocycles. The first-order valence-corrected chi connectivity index (χ1v) is 6.42. The van der Waals surface area contributed by atoms with Crippen molar-refractivity contribution >= 4 is 0 Å². The van der Waals surface area contributed by atoms with Gasteiger partial charge in [-0.15, -0.1) is 0 Å². The van der Waals surface area contributed by atoms with Crippen molar-refractivity contribution in [3.8, 4) is 0 Å². The number of rotatable bonds is 4. The van der Waals surface area contributed by atoms with Crippen LogP contribution in [0, 0.1) is 5.92 Å². The molecule has 0 bridgehead atoms. The Morgan fingerprint density at radius 1 is 1.33 bits per heavy atom. The van der Waals surface area contributed by atoms with E-state index in [9.17, 15) is 0 Å². The molecule has 15 heavy (non-hydrogen) atoms. The molecule has 0 aromatic carbocycles. The molecule has 2 aliphatic rings. The van der Waals surface area contributed by atoms with Crippen molar-refractivity contribution in [2.45, 2.75) is 38.8 Å². The number of hydrogen-bond donors (Lipinski definition) is 1. The first kappa shape index (κ1) is 11.4. The van der Waals surface area contributed by atoms with Gasteiger partial charge in [0.25, 0.3) is 0 Å². The summed E-state index contributed by atoms with van der Waals surface area (Å²) in [5, 5.41) is 0. The van der Waals surface area contributed by atoms with Crippen LogP contribution in [0.15, 0.2) is 0 Å². The van der Waals surface area contributed by atoms with Crippen molar-refractivity contribution in [3.05, 3.63) is 0 Å². The lowest BCUT2D eigenvalue weighted by Gasteiger charge is -2.40. The van der Waals surface area contributed by atoms with Gasteiger partial charge >= 0.3 is 0 Å². The largest absolute Gasteiger partial charge is 0.326 e. The molecule has 0 spiro atoms. The Morgan fingerprint density at radius 3 is 2.60 bits per heavy atom. The van der Waals surface area contributed by atoms with Gasteiger partial charge in [-0.2, -0.15) is 0 Å². The monoisotopic (exact) mass is 211 g/mol. The zero-order valence-electron chi connectivity index (χ0n) is 10.2. The third-order valence-electron chi connectivity index (χ3n) is 3.95. The Balaban J connectivity index is 1.75. The fourth-order valence-corrected chi connectivity index (χ4v) is 2.68. The van der Waals surface area contributed by atoms with E-state index < -0.39 is 0 Å². The number of hydrogen-bond acceptors (Lipinski definition) is 3. The van der Waals surface area contributed by atoms with E-state index in [1.54, 1.807) is 0 Å². The average Bonchev–Trinajstić information content (AvgIpc) is 3.01. The predicted octanol–water partition coefficient (Wildman–Crippen LogP) is 0.750. The van der Waals surface area contributed by atoms with Gasteiger partial charge in [0, 0.05) is 38.3 Å². The molecule has 2 fully saturated rings. The van der Waals surface area contributed by atoms with Crippen LogP contribution in [0.5, 0.6) is 0 Å². The van der Waals surface area contributed by atoms with Crippen molar-refractivity contribution in [1.82, 2.24) is 9.80 Å². The first-order chi connectivity index (χ1) is 7.20. The van der Waals surface area contributed by atoms with E-state index in [0.29, 0.717) is 12.1 Å². The number of likely N-dealkylation sites (N-methyl/N-ethyl adjacent to an activating group) is 1. The van der Waals surface area contributed by atoms with Gasteiger partial charge in [0.1, 0.15) is 0 Å². The van der Waals surface area contributed by atoms with Gasteiger partial charge in [-0.05, 0) is 32.2 Å². The summed E-state index contributed by atoms with van der Waals surface area (Å²) < 4.78 is 0. The molecule has 2 unspecified atom stereocenters. The van der Waals surface area contributed by atoms with Gasteiger partial charge in [-0.1, -0.05) is 6.92 Å². The maximum Gasteiger partial charge on any atom is 0.0196 e. The van der Waals surface area contributed by atoms with E-state index in [1.165, 1.54) is 39.0 Å². The van der Waals surface area contributed by atoms with Crippen molar-refractivity contribution in [2.75, 3.05) is 32.7 Å². The van der Waals surface area contributed by atoms with Gasteiger partial charge in [0.05, 0.1) is 0 Å². The van der Waals surface area contributed by atoms with Crippen LogP contribution in [-0.2, 0) is 0 Å². The molecule has 2 N–H and O–H groups in total. The lowest BCUT2D eigenvalue weighted by molar-refractivity contribution is 0.0826. The summed E-state index contributed by atoms with van der Waals surface area (Å²) >= 11 is 0. The second-order valence-corrected chi connectivity index (χ2v) is 5.24. The zero-order chi connectivity index (χ0) is 10.8. The Labute approximate surface area is 93.6 Å². The fraction of sp³-hybridized carbons (Fsp3) is 1.00. The van der Waals surface area contributed by atoms with Crippen LogP contribution in [0.3, 0.4) is 0 Å². The molecule has 0 aromatic heterocycles. The van der Waals surface area contributed by atoms with Crippen LogP contribution < -0.4 is 5.73 Å². The average molecular weight is 211 g/mol. The van der Waals surface area contributed by atoms with E-state index >= 15 is 0 Å². The molecule has 1 saturated heterocycles. The molecule has 0 aromatic rings. The van der Waals surface area contributed by atoms with Crippen molar-refractivity contribution in [3.63, 3.8) is 0 Å². The lowest BCUT2D eigenvalue weighted by Crippen LogP contribution is -2.54. The molecular formula is C12H25N3. The van der Waals surface area contributed by atoms with Crippen LogP contribution in [0.25, 0.3) is 0 Å². The van der Waals surface area contributed by atoms with Gasteiger partial charge in [-0.3, -0.25) is 9.80 Å². The maximum atomic E-state index is 6.17. The minimum atomic E-state index is 0.436. The molecule has 3 heteroatoms. The van der Waals surface area contributed by atoms with Crippen LogP contribution in [-0.4, -0.2) is 54.6 Å². The van der Waals surface area contributed by atoms with E-state index in [-0.39, 0.29) is 0 Å². The van der Waals surface area contributed by atoms with Gasteiger partial charge < -0.3 is 5.73 Å². The maximum absolute atomic E-state index is 6.17. The van der Waals surface area contributed by atoms with Gasteiger partial charge in [0.2, 0.25) is 0 Å². The molecule has 2 atom stereocenters. The SMILES string of the molecule is CCN1CCN(CC(N)C2CC2)CC1C. The molecule has 1 heterocycles. The van der Waals surface area contributed by atoms with E-state index in [4.69, 9.17) is 5.73 Å². The predicted molar refractivity (Wildman–Crippen MR) is 63.8 cm³/mol. The van der Waals surface area contributed by atoms with Crippen molar-refractivity contribution < 1.29 is 0 Å². The van der Waals surface area contributed by atoms with E-state index in [2.05, 4.69) is 23.6 Å². The standard InChI is InChI=1S/C12H25N3/c1-3-15-7-6-14(8-10(15)2)9-12(13)11-4-5-11/h10-12H,3-9,13H2,1-2H3. The highest BCUT2D eigenvalue weighted by atomic mass is 15.3. The van der Waals surface area contributed by atoms with Crippen molar-refractivity contribution in [2.24, 2.45) is 11.7 Å². The number of nitrogens with zero attached hydrogens (tertiary/aromatic N) is 2. The third-order valence-corrected chi connectivity index (χ3v) is 3.95. The molecule has 2 rings (SSSR count). The summed E-state index contributed by atoms with van der Waals surface area (Å²) in [5.41, 5.74) is 6.17. The second kappa shape index (κ2) is 4.81. The summed E-state index contributed by atoms with van der Waals surface area (Å²) in [4.78, 5) is 5.11. The Kier molecular flexibility index (Phi) is 3.65. The van der Waals surface area contributed by atoms with E-state index in [0.717, 1.165) is 12.5 Å². The smallest absolute Gasteiger partial charge is 0.0196 e. The Morgan fingerprint density at radius 2 is 2.07 bits per heavy atom. The minimum absolute atomic E-state index is 0.436. The third kappa shape index (κ3) is 2.92. The molecule has 0 radical (unpaired) electrons. The molecule has 1 saturated carbocycles. The minimum Gasteiger partial charge on any atom is -0.326 e. The van der Waals surface area contributed by atoms with Crippen molar-refractivity contribution in [1.29, 1.82) is 0 Å².